The van der Waals surface area contributed by atoms with Crippen LogP contribution in [0, 0.1) is 6.92 Å². The Kier molecular flexibility index (Phi) is 3.95. The molecule has 0 saturated carbocycles. The van der Waals surface area contributed by atoms with Crippen LogP contribution in [0.3, 0.4) is 0 Å². The molecule has 21 heavy (non-hydrogen) atoms. The van der Waals surface area contributed by atoms with Gasteiger partial charge < -0.3 is 14.5 Å². The van der Waals surface area contributed by atoms with E-state index in [1.807, 2.05) is 11.8 Å². The van der Waals surface area contributed by atoms with Gasteiger partial charge in [0.05, 0.1) is 23.8 Å². The van der Waals surface area contributed by atoms with Gasteiger partial charge in [0.25, 0.3) is 5.91 Å². The fourth-order valence-electron chi connectivity index (χ4n) is 3.07. The lowest BCUT2D eigenvalue weighted by Gasteiger charge is -2.46. The highest BCUT2D eigenvalue weighted by atomic mass is 32.1. The van der Waals surface area contributed by atoms with Gasteiger partial charge in [0.15, 0.2) is 0 Å². The van der Waals surface area contributed by atoms with Crippen LogP contribution in [0.25, 0.3) is 0 Å². The van der Waals surface area contributed by atoms with Gasteiger partial charge in [-0.3, -0.25) is 9.59 Å². The lowest BCUT2D eigenvalue weighted by atomic mass is 9.98. The van der Waals surface area contributed by atoms with Crippen molar-refractivity contribution in [2.75, 3.05) is 26.2 Å². The molecular weight excluding hydrogens is 290 g/mol. The molecule has 2 saturated heterocycles. The van der Waals surface area contributed by atoms with Gasteiger partial charge in [0.1, 0.15) is 5.69 Å². The van der Waals surface area contributed by atoms with Crippen LogP contribution in [0.2, 0.25) is 0 Å². The van der Waals surface area contributed by atoms with E-state index in [-0.39, 0.29) is 24.0 Å². The third-order valence-electron chi connectivity index (χ3n) is 4.11. The van der Waals surface area contributed by atoms with Crippen molar-refractivity contribution in [3.8, 4) is 0 Å². The second-order valence-corrected chi connectivity index (χ2v) is 6.54. The number of amides is 2. The summed E-state index contributed by atoms with van der Waals surface area (Å²) in [6.45, 7) is 5.84. The lowest BCUT2D eigenvalue weighted by Crippen LogP contribution is -2.61. The largest absolute Gasteiger partial charge is 0.374 e. The Morgan fingerprint density at radius 3 is 2.90 bits per heavy atom. The summed E-state index contributed by atoms with van der Waals surface area (Å²) < 4.78 is 5.75. The monoisotopic (exact) mass is 309 g/mol. The number of carbonyl (C=O) groups is 2. The fourth-order valence-corrected chi connectivity index (χ4v) is 3.66. The number of likely N-dealkylation sites (tertiary alicyclic amines) is 1. The summed E-state index contributed by atoms with van der Waals surface area (Å²) in [5.74, 6) is -0.000947. The Bertz CT molecular complexity index is 559. The third-order valence-corrected chi connectivity index (χ3v) is 4.89. The summed E-state index contributed by atoms with van der Waals surface area (Å²) >= 11 is 1.48. The van der Waals surface area contributed by atoms with E-state index in [9.17, 15) is 9.59 Å². The third kappa shape index (κ3) is 2.80. The normalized spacial score (nSPS) is 25.6. The summed E-state index contributed by atoms with van der Waals surface area (Å²) in [6.07, 6.45) is 0.812. The van der Waals surface area contributed by atoms with Gasteiger partial charge in [0, 0.05) is 31.9 Å². The number of hydrogen-bond donors (Lipinski definition) is 0. The number of morpholine rings is 1. The minimum atomic E-state index is -0.0492. The maximum atomic E-state index is 12.5. The molecule has 1 aromatic heterocycles. The summed E-state index contributed by atoms with van der Waals surface area (Å²) in [5.41, 5.74) is 0.502. The molecule has 0 spiro atoms. The van der Waals surface area contributed by atoms with Crippen LogP contribution in [-0.4, -0.2) is 65.0 Å². The van der Waals surface area contributed by atoms with Crippen LogP contribution >= 0.6 is 11.3 Å². The molecule has 7 heteroatoms. The molecule has 2 amide bonds. The van der Waals surface area contributed by atoms with Gasteiger partial charge >= 0.3 is 0 Å². The zero-order chi connectivity index (χ0) is 15.0. The van der Waals surface area contributed by atoms with Gasteiger partial charge in [0.2, 0.25) is 5.91 Å². The molecule has 6 nitrogen and oxygen atoms in total. The standard InChI is InChI=1S/C14H19N3O3S/c1-9-15-11(8-21-9)14(19)16-4-3-13-12(7-16)17(10(2)18)5-6-20-13/h8,12-13H,3-7H2,1-2H3/t12-,13+/m1/s1. The first-order valence-electron chi connectivity index (χ1n) is 7.16. The average molecular weight is 309 g/mol. The van der Waals surface area contributed by atoms with Crippen molar-refractivity contribution in [3.63, 3.8) is 0 Å². The Morgan fingerprint density at radius 2 is 2.24 bits per heavy atom. The zero-order valence-electron chi connectivity index (χ0n) is 12.2. The molecule has 3 rings (SSSR count). The molecule has 0 aliphatic carbocycles. The number of hydrogen-bond acceptors (Lipinski definition) is 5. The minimum absolute atomic E-state index is 0.0336. The number of thiazole rings is 1. The van der Waals surface area contributed by atoms with E-state index in [1.165, 1.54) is 11.3 Å². The predicted octanol–water partition coefficient (Wildman–Crippen LogP) is 0.913. The maximum Gasteiger partial charge on any atom is 0.273 e. The van der Waals surface area contributed by atoms with Crippen molar-refractivity contribution in [1.82, 2.24) is 14.8 Å². The summed E-state index contributed by atoms with van der Waals surface area (Å²) in [6, 6.07) is -0.0336. The lowest BCUT2D eigenvalue weighted by molar-refractivity contribution is -0.149. The number of fused-ring (bicyclic) bond motifs is 1. The molecule has 3 heterocycles. The summed E-state index contributed by atoms with van der Waals surface area (Å²) in [5, 5.41) is 2.68. The maximum absolute atomic E-state index is 12.5. The Labute approximate surface area is 127 Å². The number of carbonyl (C=O) groups excluding carboxylic acids is 2. The van der Waals surface area contributed by atoms with Gasteiger partial charge in [-0.05, 0) is 13.3 Å². The van der Waals surface area contributed by atoms with Gasteiger partial charge in [-0.1, -0.05) is 0 Å². The van der Waals surface area contributed by atoms with Crippen LogP contribution in [-0.2, 0) is 9.53 Å². The van der Waals surface area contributed by atoms with Crippen LogP contribution in [0.4, 0.5) is 0 Å². The van der Waals surface area contributed by atoms with Crippen LogP contribution < -0.4 is 0 Å². The number of rotatable bonds is 1. The number of aryl methyl sites for hydroxylation is 1. The topological polar surface area (TPSA) is 62.7 Å². The summed E-state index contributed by atoms with van der Waals surface area (Å²) in [7, 11) is 0. The van der Waals surface area contributed by atoms with Crippen molar-refractivity contribution in [2.24, 2.45) is 0 Å². The average Bonchev–Trinajstić information content (AvgIpc) is 2.91. The molecule has 0 radical (unpaired) electrons. The highest BCUT2D eigenvalue weighted by molar-refractivity contribution is 7.09. The first kappa shape index (κ1) is 14.5. The van der Waals surface area contributed by atoms with E-state index < -0.39 is 0 Å². The van der Waals surface area contributed by atoms with E-state index in [4.69, 9.17) is 4.74 Å². The SMILES string of the molecule is CC(=O)N1CCO[C@H]2CCN(C(=O)c3csc(C)n3)C[C@H]21. The molecule has 2 aliphatic rings. The highest BCUT2D eigenvalue weighted by Gasteiger charge is 2.39. The molecule has 114 valence electrons. The van der Waals surface area contributed by atoms with Gasteiger partial charge in [-0.25, -0.2) is 4.98 Å². The molecular formula is C14H19N3O3S. The van der Waals surface area contributed by atoms with E-state index in [0.717, 1.165) is 11.4 Å². The predicted molar refractivity (Wildman–Crippen MR) is 78.3 cm³/mol. The van der Waals surface area contributed by atoms with Crippen molar-refractivity contribution >= 4 is 23.2 Å². The Balaban J connectivity index is 1.74. The van der Waals surface area contributed by atoms with Crippen molar-refractivity contribution in [3.05, 3.63) is 16.1 Å². The number of piperidine rings is 1. The van der Waals surface area contributed by atoms with E-state index in [1.54, 1.807) is 17.2 Å². The second kappa shape index (κ2) is 5.73. The number of nitrogens with zero attached hydrogens (tertiary/aromatic N) is 3. The van der Waals surface area contributed by atoms with E-state index in [0.29, 0.717) is 31.9 Å². The summed E-state index contributed by atoms with van der Waals surface area (Å²) in [4.78, 5) is 32.1. The minimum Gasteiger partial charge on any atom is -0.374 e. The van der Waals surface area contributed by atoms with Crippen molar-refractivity contribution in [1.29, 1.82) is 0 Å². The fraction of sp³-hybridized carbons (Fsp3) is 0.643. The molecule has 2 atom stereocenters. The molecule has 2 aliphatic heterocycles. The second-order valence-electron chi connectivity index (χ2n) is 5.48. The van der Waals surface area contributed by atoms with E-state index in [2.05, 4.69) is 4.98 Å². The number of aromatic nitrogens is 1. The van der Waals surface area contributed by atoms with Crippen LogP contribution in [0.15, 0.2) is 5.38 Å². The van der Waals surface area contributed by atoms with Crippen LogP contribution in [0.1, 0.15) is 28.8 Å². The first-order chi connectivity index (χ1) is 10.1. The van der Waals surface area contributed by atoms with Crippen molar-refractivity contribution < 1.29 is 14.3 Å². The quantitative estimate of drug-likeness (QED) is 0.774. The number of ether oxygens (including phenoxy) is 1. The highest BCUT2D eigenvalue weighted by Crippen LogP contribution is 2.24. The Hall–Kier alpha value is -1.47. The smallest absolute Gasteiger partial charge is 0.273 e. The molecule has 2 fully saturated rings. The van der Waals surface area contributed by atoms with Crippen LogP contribution in [0.5, 0.6) is 0 Å². The molecule has 0 unspecified atom stereocenters. The Morgan fingerprint density at radius 1 is 1.43 bits per heavy atom. The van der Waals surface area contributed by atoms with Crippen molar-refractivity contribution in [2.45, 2.75) is 32.4 Å². The van der Waals surface area contributed by atoms with E-state index >= 15 is 0 Å². The molecule has 0 bridgehead atoms. The van der Waals surface area contributed by atoms with Gasteiger partial charge in [-0.2, -0.15) is 0 Å². The first-order valence-corrected chi connectivity index (χ1v) is 8.04. The molecule has 0 aromatic carbocycles. The van der Waals surface area contributed by atoms with Gasteiger partial charge in [-0.15, -0.1) is 11.3 Å². The molecule has 1 aromatic rings. The zero-order valence-corrected chi connectivity index (χ0v) is 13.1. The molecule has 0 N–H and O–H groups in total.